The molecule has 2 heterocycles. The van der Waals surface area contributed by atoms with Gasteiger partial charge in [-0.15, -0.1) is 11.3 Å². The number of benzene rings is 1. The van der Waals surface area contributed by atoms with Gasteiger partial charge in [-0.05, 0) is 37.3 Å². The Morgan fingerprint density at radius 2 is 1.78 bits per heavy atom. The van der Waals surface area contributed by atoms with Crippen LogP contribution in [0.1, 0.15) is 50.4 Å². The standard InChI is InChI=1S/C22H26N2O2S/c1-13(25)11-12-24-15(3)23-20-19(21(24)26)18(14(2)27-20)16-7-9-17(10-8-16)22(4,5)6/h7-10H,11-12H2,1-6H3. The van der Waals surface area contributed by atoms with Gasteiger partial charge < -0.3 is 0 Å². The Balaban J connectivity index is 2.18. The van der Waals surface area contributed by atoms with E-state index in [-0.39, 0.29) is 16.8 Å². The summed E-state index contributed by atoms with van der Waals surface area (Å²) < 4.78 is 1.63. The Morgan fingerprint density at radius 1 is 1.15 bits per heavy atom. The highest BCUT2D eigenvalue weighted by molar-refractivity contribution is 7.19. The van der Waals surface area contributed by atoms with Crippen LogP contribution in [0.3, 0.4) is 0 Å². The van der Waals surface area contributed by atoms with Crippen molar-refractivity contribution in [3.8, 4) is 11.1 Å². The van der Waals surface area contributed by atoms with E-state index in [0.717, 1.165) is 20.8 Å². The van der Waals surface area contributed by atoms with Crippen molar-refractivity contribution in [3.63, 3.8) is 0 Å². The van der Waals surface area contributed by atoms with Gasteiger partial charge in [-0.2, -0.15) is 0 Å². The molecular formula is C22H26N2O2S. The summed E-state index contributed by atoms with van der Waals surface area (Å²) in [6.07, 6.45) is 0.340. The fourth-order valence-corrected chi connectivity index (χ4v) is 4.39. The van der Waals surface area contributed by atoms with Crippen molar-refractivity contribution in [3.05, 3.63) is 50.9 Å². The van der Waals surface area contributed by atoms with E-state index in [2.05, 4.69) is 50.0 Å². The molecule has 5 heteroatoms. The average molecular weight is 383 g/mol. The first kappa shape index (κ1) is 19.5. The maximum Gasteiger partial charge on any atom is 0.262 e. The van der Waals surface area contributed by atoms with Crippen molar-refractivity contribution in [1.82, 2.24) is 9.55 Å². The Morgan fingerprint density at radius 3 is 2.33 bits per heavy atom. The fourth-order valence-electron chi connectivity index (χ4n) is 3.31. The summed E-state index contributed by atoms with van der Waals surface area (Å²) in [6, 6.07) is 8.45. The topological polar surface area (TPSA) is 52.0 Å². The summed E-state index contributed by atoms with van der Waals surface area (Å²) >= 11 is 1.55. The average Bonchev–Trinajstić information content (AvgIpc) is 2.89. The van der Waals surface area contributed by atoms with Crippen LogP contribution >= 0.6 is 11.3 Å². The van der Waals surface area contributed by atoms with Gasteiger partial charge in [0.25, 0.3) is 5.56 Å². The second-order valence-electron chi connectivity index (χ2n) is 8.11. The summed E-state index contributed by atoms with van der Waals surface area (Å²) in [5, 5.41) is 0.662. The van der Waals surface area contributed by atoms with E-state index in [9.17, 15) is 9.59 Å². The highest BCUT2D eigenvalue weighted by Gasteiger charge is 2.20. The largest absolute Gasteiger partial charge is 0.300 e. The monoisotopic (exact) mass is 382 g/mol. The van der Waals surface area contributed by atoms with Crippen LogP contribution < -0.4 is 5.56 Å². The maximum absolute atomic E-state index is 13.2. The van der Waals surface area contributed by atoms with E-state index in [4.69, 9.17) is 0 Å². The van der Waals surface area contributed by atoms with Gasteiger partial charge in [0.15, 0.2) is 0 Å². The van der Waals surface area contributed by atoms with E-state index >= 15 is 0 Å². The van der Waals surface area contributed by atoms with Gasteiger partial charge in [-0.1, -0.05) is 45.0 Å². The molecular weight excluding hydrogens is 356 g/mol. The Hall–Kier alpha value is -2.27. The molecule has 0 atom stereocenters. The Bertz CT molecular complexity index is 1070. The molecule has 0 bridgehead atoms. The van der Waals surface area contributed by atoms with Gasteiger partial charge in [0.2, 0.25) is 0 Å². The Labute approximate surface area is 163 Å². The molecule has 3 aromatic rings. The number of aromatic nitrogens is 2. The Kier molecular flexibility index (Phi) is 5.08. The van der Waals surface area contributed by atoms with Crippen molar-refractivity contribution >= 4 is 27.3 Å². The zero-order chi connectivity index (χ0) is 19.9. The number of nitrogens with zero attached hydrogens (tertiary/aromatic N) is 2. The third-order valence-electron chi connectivity index (χ3n) is 4.91. The zero-order valence-electron chi connectivity index (χ0n) is 16.8. The number of Topliss-reactive ketones (excluding diaryl/α,β-unsaturated/α-hetero) is 1. The molecule has 0 spiro atoms. The summed E-state index contributed by atoms with van der Waals surface area (Å²) in [6.45, 7) is 12.3. The molecule has 0 fully saturated rings. The van der Waals surface area contributed by atoms with Crippen LogP contribution in [0, 0.1) is 13.8 Å². The van der Waals surface area contributed by atoms with E-state index < -0.39 is 0 Å². The molecule has 0 unspecified atom stereocenters. The van der Waals surface area contributed by atoms with Crippen LogP contribution in [0.25, 0.3) is 21.3 Å². The van der Waals surface area contributed by atoms with Crippen molar-refractivity contribution in [2.75, 3.05) is 0 Å². The number of fused-ring (bicyclic) bond motifs is 1. The highest BCUT2D eigenvalue weighted by atomic mass is 32.1. The van der Waals surface area contributed by atoms with Gasteiger partial charge in [-0.3, -0.25) is 14.2 Å². The van der Waals surface area contributed by atoms with Crippen LogP contribution in [-0.4, -0.2) is 15.3 Å². The third kappa shape index (κ3) is 3.74. The minimum Gasteiger partial charge on any atom is -0.300 e. The SMILES string of the molecule is CC(=O)CCn1c(C)nc2sc(C)c(-c3ccc(C(C)(C)C)cc3)c2c1=O. The normalized spacial score (nSPS) is 11.9. The molecule has 1 aromatic carbocycles. The number of thiophene rings is 1. The van der Waals surface area contributed by atoms with Gasteiger partial charge in [0.05, 0.1) is 5.39 Å². The van der Waals surface area contributed by atoms with Crippen LogP contribution in [0.5, 0.6) is 0 Å². The number of carbonyl (C=O) groups excluding carboxylic acids is 1. The van der Waals surface area contributed by atoms with Crippen molar-refractivity contribution in [1.29, 1.82) is 0 Å². The first-order valence-electron chi connectivity index (χ1n) is 9.20. The first-order valence-corrected chi connectivity index (χ1v) is 10.0. The third-order valence-corrected chi connectivity index (χ3v) is 5.90. The molecule has 27 heavy (non-hydrogen) atoms. The lowest BCUT2D eigenvalue weighted by atomic mass is 9.86. The van der Waals surface area contributed by atoms with Crippen LogP contribution in [0.15, 0.2) is 29.1 Å². The minimum absolute atomic E-state index is 0.0574. The number of rotatable bonds is 4. The molecule has 0 N–H and O–H groups in total. The van der Waals surface area contributed by atoms with Crippen molar-refractivity contribution < 1.29 is 4.79 Å². The maximum atomic E-state index is 13.2. The van der Waals surface area contributed by atoms with Gasteiger partial charge in [-0.25, -0.2) is 4.98 Å². The molecule has 0 radical (unpaired) electrons. The second-order valence-corrected chi connectivity index (χ2v) is 9.31. The van der Waals surface area contributed by atoms with Crippen molar-refractivity contribution in [2.24, 2.45) is 0 Å². The smallest absolute Gasteiger partial charge is 0.262 e. The lowest BCUT2D eigenvalue weighted by Crippen LogP contribution is -2.24. The minimum atomic E-state index is -0.0574. The summed E-state index contributed by atoms with van der Waals surface area (Å²) in [5.74, 6) is 0.727. The molecule has 4 nitrogen and oxygen atoms in total. The van der Waals surface area contributed by atoms with Gasteiger partial charge in [0.1, 0.15) is 16.4 Å². The predicted octanol–water partition coefficient (Wildman–Crippen LogP) is 5.02. The van der Waals surface area contributed by atoms with E-state index in [1.54, 1.807) is 22.8 Å². The van der Waals surface area contributed by atoms with Crippen LogP contribution in [-0.2, 0) is 16.8 Å². The number of ketones is 1. The number of hydrogen-bond acceptors (Lipinski definition) is 4. The summed E-state index contributed by atoms with van der Waals surface area (Å²) in [4.78, 5) is 31.1. The molecule has 2 aromatic heterocycles. The lowest BCUT2D eigenvalue weighted by Gasteiger charge is -2.19. The molecule has 0 saturated carbocycles. The molecule has 0 saturated heterocycles. The summed E-state index contributed by atoms with van der Waals surface area (Å²) in [7, 11) is 0. The first-order chi connectivity index (χ1) is 12.6. The van der Waals surface area contributed by atoms with Gasteiger partial charge in [0, 0.05) is 23.4 Å². The number of hydrogen-bond donors (Lipinski definition) is 0. The molecule has 0 aliphatic rings. The van der Waals surface area contributed by atoms with Crippen LogP contribution in [0.2, 0.25) is 0 Å². The predicted molar refractivity (Wildman–Crippen MR) is 113 cm³/mol. The summed E-state index contributed by atoms with van der Waals surface area (Å²) in [5.41, 5.74) is 3.29. The van der Waals surface area contributed by atoms with Crippen LogP contribution in [0.4, 0.5) is 0 Å². The van der Waals surface area contributed by atoms with Gasteiger partial charge >= 0.3 is 0 Å². The molecule has 0 amide bonds. The fraction of sp³-hybridized carbons (Fsp3) is 0.409. The second kappa shape index (κ2) is 7.04. The molecule has 0 aliphatic heterocycles. The molecule has 142 valence electrons. The highest BCUT2D eigenvalue weighted by Crippen LogP contribution is 2.36. The quantitative estimate of drug-likeness (QED) is 0.637. The number of carbonyl (C=O) groups is 1. The van der Waals surface area contributed by atoms with Crippen molar-refractivity contribution in [2.45, 2.75) is 59.9 Å². The van der Waals surface area contributed by atoms with E-state index in [1.165, 1.54) is 5.56 Å². The van der Waals surface area contributed by atoms with E-state index in [1.807, 2.05) is 13.8 Å². The van der Waals surface area contributed by atoms with E-state index in [0.29, 0.717) is 24.2 Å². The molecule has 3 rings (SSSR count). The number of aryl methyl sites for hydroxylation is 2. The zero-order valence-corrected chi connectivity index (χ0v) is 17.7. The lowest BCUT2D eigenvalue weighted by molar-refractivity contribution is -0.117. The molecule has 0 aliphatic carbocycles.